The summed E-state index contributed by atoms with van der Waals surface area (Å²) in [6.45, 7) is 3.39. The number of esters is 1. The van der Waals surface area contributed by atoms with E-state index in [4.69, 9.17) is 19.2 Å². The third kappa shape index (κ3) is 3.75. The van der Waals surface area contributed by atoms with Gasteiger partial charge in [-0.3, -0.25) is 4.98 Å². The summed E-state index contributed by atoms with van der Waals surface area (Å²) < 4.78 is 18.4. The van der Waals surface area contributed by atoms with E-state index in [0.717, 1.165) is 31.6 Å². The lowest BCUT2D eigenvalue weighted by Gasteiger charge is -2.28. The van der Waals surface area contributed by atoms with Crippen molar-refractivity contribution in [2.24, 2.45) is 0 Å². The van der Waals surface area contributed by atoms with Crippen LogP contribution >= 0.6 is 0 Å². The number of carbonyl (C=O) groups is 1. The molecule has 3 aromatic heterocycles. The van der Waals surface area contributed by atoms with Gasteiger partial charge in [-0.25, -0.2) is 14.5 Å². The maximum atomic E-state index is 12.6. The molecule has 0 amide bonds. The number of aromatic nitrogens is 4. The zero-order chi connectivity index (χ0) is 21.2. The normalized spacial score (nSPS) is 19.5. The first kappa shape index (κ1) is 19.9. The fourth-order valence-electron chi connectivity index (χ4n) is 4.21. The van der Waals surface area contributed by atoms with Gasteiger partial charge in [0.25, 0.3) is 0 Å². The van der Waals surface area contributed by atoms with Crippen LogP contribution in [0.1, 0.15) is 35.8 Å². The van der Waals surface area contributed by atoms with Crippen molar-refractivity contribution in [1.29, 1.82) is 0 Å². The van der Waals surface area contributed by atoms with E-state index in [1.165, 1.54) is 7.11 Å². The van der Waals surface area contributed by atoms with Crippen molar-refractivity contribution in [3.63, 3.8) is 0 Å². The van der Waals surface area contributed by atoms with Crippen LogP contribution in [0.15, 0.2) is 30.6 Å². The van der Waals surface area contributed by atoms with Gasteiger partial charge in [0.1, 0.15) is 17.0 Å². The third-order valence-corrected chi connectivity index (χ3v) is 5.80. The van der Waals surface area contributed by atoms with E-state index in [1.54, 1.807) is 24.5 Å². The van der Waals surface area contributed by atoms with Crippen molar-refractivity contribution < 1.29 is 19.0 Å². The molecule has 2 aliphatic rings. The van der Waals surface area contributed by atoms with E-state index >= 15 is 0 Å². The Labute approximate surface area is 179 Å². The molecule has 162 valence electrons. The molecule has 2 saturated heterocycles. The number of anilines is 1. The molecule has 0 spiro atoms. The standard InChI is InChI=1S/C22H25N5O4/c1-29-22(28)16-14-18(26-9-12-30-13-10-26)25-20-15(16)5-7-23-21(20)17-6-8-24-27(17)19-4-2-3-11-31-19/h5-8,14,19H,2-4,9-13H2,1H3. The molecule has 5 rings (SSSR count). The van der Waals surface area contributed by atoms with E-state index < -0.39 is 5.97 Å². The van der Waals surface area contributed by atoms with E-state index in [-0.39, 0.29) is 6.23 Å². The van der Waals surface area contributed by atoms with Crippen LogP contribution in [0.5, 0.6) is 0 Å². The molecule has 31 heavy (non-hydrogen) atoms. The summed E-state index contributed by atoms with van der Waals surface area (Å²) in [7, 11) is 1.39. The van der Waals surface area contributed by atoms with Crippen molar-refractivity contribution in [2.45, 2.75) is 25.5 Å². The van der Waals surface area contributed by atoms with Crippen molar-refractivity contribution in [3.8, 4) is 11.4 Å². The summed E-state index contributed by atoms with van der Waals surface area (Å²) >= 11 is 0. The van der Waals surface area contributed by atoms with E-state index in [2.05, 4.69) is 15.0 Å². The summed E-state index contributed by atoms with van der Waals surface area (Å²) in [5, 5.41) is 5.21. The molecule has 2 aliphatic heterocycles. The second kappa shape index (κ2) is 8.60. The van der Waals surface area contributed by atoms with Gasteiger partial charge in [-0.15, -0.1) is 0 Å². The quantitative estimate of drug-likeness (QED) is 0.592. The minimum absolute atomic E-state index is 0.127. The lowest BCUT2D eigenvalue weighted by Crippen LogP contribution is -2.36. The van der Waals surface area contributed by atoms with Crippen LogP contribution in [-0.4, -0.2) is 65.7 Å². The van der Waals surface area contributed by atoms with Crippen LogP contribution in [0.25, 0.3) is 22.3 Å². The summed E-state index contributed by atoms with van der Waals surface area (Å²) in [6.07, 6.45) is 6.38. The maximum Gasteiger partial charge on any atom is 0.338 e. The van der Waals surface area contributed by atoms with Crippen molar-refractivity contribution in [3.05, 3.63) is 36.2 Å². The molecular formula is C22H25N5O4. The van der Waals surface area contributed by atoms with E-state index in [9.17, 15) is 4.79 Å². The lowest BCUT2D eigenvalue weighted by molar-refractivity contribution is -0.0383. The van der Waals surface area contributed by atoms with E-state index in [0.29, 0.717) is 54.3 Å². The highest BCUT2D eigenvalue weighted by molar-refractivity contribution is 6.07. The zero-order valence-electron chi connectivity index (χ0n) is 17.5. The van der Waals surface area contributed by atoms with Gasteiger partial charge in [0, 0.05) is 37.5 Å². The average molecular weight is 423 g/mol. The summed E-state index contributed by atoms with van der Waals surface area (Å²) in [5.74, 6) is 0.314. The van der Waals surface area contributed by atoms with Gasteiger partial charge in [0.15, 0.2) is 6.23 Å². The summed E-state index contributed by atoms with van der Waals surface area (Å²) in [4.78, 5) is 24.3. The Balaban J connectivity index is 1.67. The molecule has 2 fully saturated rings. The summed E-state index contributed by atoms with van der Waals surface area (Å²) in [6, 6.07) is 5.52. The van der Waals surface area contributed by atoms with Crippen molar-refractivity contribution in [1.82, 2.24) is 19.7 Å². The number of nitrogens with zero attached hydrogens (tertiary/aromatic N) is 5. The highest BCUT2D eigenvalue weighted by Crippen LogP contribution is 2.33. The van der Waals surface area contributed by atoms with Crippen LogP contribution in [0.3, 0.4) is 0 Å². The van der Waals surface area contributed by atoms with Crippen LogP contribution in [0, 0.1) is 0 Å². The van der Waals surface area contributed by atoms with Crippen LogP contribution in [0.4, 0.5) is 5.82 Å². The number of morpholine rings is 1. The van der Waals surface area contributed by atoms with Gasteiger partial charge >= 0.3 is 5.97 Å². The Morgan fingerprint density at radius 2 is 2.03 bits per heavy atom. The smallest absolute Gasteiger partial charge is 0.338 e. The first-order valence-corrected chi connectivity index (χ1v) is 10.6. The second-order valence-electron chi connectivity index (χ2n) is 7.66. The Bertz CT molecular complexity index is 1090. The number of fused-ring (bicyclic) bond motifs is 1. The van der Waals surface area contributed by atoms with Gasteiger partial charge < -0.3 is 19.1 Å². The minimum Gasteiger partial charge on any atom is -0.465 e. The van der Waals surface area contributed by atoms with Crippen molar-refractivity contribution >= 4 is 22.7 Å². The molecule has 5 heterocycles. The second-order valence-corrected chi connectivity index (χ2v) is 7.66. The maximum absolute atomic E-state index is 12.6. The molecule has 9 heteroatoms. The number of pyridine rings is 2. The monoisotopic (exact) mass is 423 g/mol. The molecule has 0 aromatic carbocycles. The number of methoxy groups -OCH3 is 1. The zero-order valence-corrected chi connectivity index (χ0v) is 17.5. The molecule has 3 aromatic rings. The highest BCUT2D eigenvalue weighted by Gasteiger charge is 2.24. The predicted molar refractivity (Wildman–Crippen MR) is 114 cm³/mol. The van der Waals surface area contributed by atoms with Gasteiger partial charge in [0.2, 0.25) is 0 Å². The van der Waals surface area contributed by atoms with Gasteiger partial charge in [-0.2, -0.15) is 5.10 Å². The number of ether oxygens (including phenoxy) is 3. The van der Waals surface area contributed by atoms with Gasteiger partial charge in [-0.05, 0) is 37.5 Å². The van der Waals surface area contributed by atoms with Gasteiger partial charge in [-0.1, -0.05) is 0 Å². The molecule has 0 aliphatic carbocycles. The predicted octanol–water partition coefficient (Wildman–Crippen LogP) is 2.82. The Morgan fingerprint density at radius 1 is 1.16 bits per heavy atom. The third-order valence-electron chi connectivity index (χ3n) is 5.80. The number of rotatable bonds is 4. The molecule has 0 N–H and O–H groups in total. The molecule has 0 bridgehead atoms. The molecule has 0 radical (unpaired) electrons. The Hall–Kier alpha value is -3.04. The first-order valence-electron chi connectivity index (χ1n) is 10.6. The Kier molecular flexibility index (Phi) is 5.52. The fraction of sp³-hybridized carbons (Fsp3) is 0.455. The number of hydrogen-bond acceptors (Lipinski definition) is 8. The number of carbonyl (C=O) groups excluding carboxylic acids is 1. The van der Waals surface area contributed by atoms with E-state index in [1.807, 2.05) is 10.7 Å². The molecule has 9 nitrogen and oxygen atoms in total. The Morgan fingerprint density at radius 3 is 2.81 bits per heavy atom. The van der Waals surface area contributed by atoms with Crippen LogP contribution < -0.4 is 4.90 Å². The molecule has 0 saturated carbocycles. The molecular weight excluding hydrogens is 398 g/mol. The average Bonchev–Trinajstić information content (AvgIpc) is 3.33. The highest BCUT2D eigenvalue weighted by atomic mass is 16.5. The van der Waals surface area contributed by atoms with Crippen LogP contribution in [0.2, 0.25) is 0 Å². The SMILES string of the molecule is COC(=O)c1cc(N2CCOCC2)nc2c(-c3ccnn3C3CCCCO3)nccc12. The minimum atomic E-state index is -0.400. The summed E-state index contributed by atoms with van der Waals surface area (Å²) in [5.41, 5.74) is 2.60. The molecule has 1 unspecified atom stereocenters. The largest absolute Gasteiger partial charge is 0.465 e. The molecule has 1 atom stereocenters. The lowest BCUT2D eigenvalue weighted by atomic mass is 10.1. The first-order chi connectivity index (χ1) is 15.3. The fourth-order valence-corrected chi connectivity index (χ4v) is 4.21. The number of hydrogen-bond donors (Lipinski definition) is 0. The van der Waals surface area contributed by atoms with Crippen LogP contribution in [-0.2, 0) is 14.2 Å². The van der Waals surface area contributed by atoms with Gasteiger partial charge in [0.05, 0.1) is 31.6 Å². The van der Waals surface area contributed by atoms with Crippen molar-refractivity contribution in [2.75, 3.05) is 44.9 Å². The topological polar surface area (TPSA) is 91.6 Å².